The van der Waals surface area contributed by atoms with Crippen LogP contribution >= 0.6 is 0 Å². The van der Waals surface area contributed by atoms with Gasteiger partial charge in [0, 0.05) is 24.2 Å². The van der Waals surface area contributed by atoms with E-state index in [1.807, 2.05) is 52.0 Å². The molecule has 2 amide bonds. The Morgan fingerprint density at radius 2 is 1.47 bits per heavy atom. The summed E-state index contributed by atoms with van der Waals surface area (Å²) in [7, 11) is 1.25. The van der Waals surface area contributed by atoms with Gasteiger partial charge in [-0.2, -0.15) is 0 Å². The number of amides is 2. The number of anilines is 1. The Morgan fingerprint density at radius 1 is 0.844 bits per heavy atom. The number of nitrogens with zero attached hydrogens (tertiary/aromatic N) is 2. The SMILES string of the molecule is COc1ccc(OC)c(N(CC(=O)N(Cc2ccccc2C)C(C)C(=O)NC(C)(C)C)S(=O)(=O)c2ccc(OC)c(OC)c2)c1. The maximum absolute atomic E-state index is 14.4. The van der Waals surface area contributed by atoms with Crippen molar-refractivity contribution in [2.24, 2.45) is 0 Å². The van der Waals surface area contributed by atoms with Crippen LogP contribution in [-0.2, 0) is 26.2 Å². The third-order valence-corrected chi connectivity index (χ3v) is 8.90. The third-order valence-electron chi connectivity index (χ3n) is 7.14. The van der Waals surface area contributed by atoms with Crippen LogP contribution in [0.4, 0.5) is 5.69 Å². The number of nitrogens with one attached hydrogen (secondary N) is 1. The summed E-state index contributed by atoms with van der Waals surface area (Å²) < 4.78 is 51.4. The highest BCUT2D eigenvalue weighted by molar-refractivity contribution is 7.92. The molecule has 1 unspecified atom stereocenters. The molecule has 1 atom stereocenters. The van der Waals surface area contributed by atoms with E-state index in [0.717, 1.165) is 15.4 Å². The van der Waals surface area contributed by atoms with E-state index >= 15 is 0 Å². The fourth-order valence-corrected chi connectivity index (χ4v) is 6.07. The molecular weight excluding hydrogens is 598 g/mol. The van der Waals surface area contributed by atoms with Gasteiger partial charge in [0.25, 0.3) is 10.0 Å². The van der Waals surface area contributed by atoms with Gasteiger partial charge in [0.1, 0.15) is 24.1 Å². The lowest BCUT2D eigenvalue weighted by atomic mass is 10.1. The van der Waals surface area contributed by atoms with Crippen molar-refractivity contribution < 1.29 is 37.0 Å². The van der Waals surface area contributed by atoms with E-state index in [1.165, 1.54) is 57.6 Å². The summed E-state index contributed by atoms with van der Waals surface area (Å²) in [6.45, 7) is 8.49. The second-order valence-corrected chi connectivity index (χ2v) is 13.3. The van der Waals surface area contributed by atoms with E-state index in [9.17, 15) is 18.0 Å². The maximum Gasteiger partial charge on any atom is 0.265 e. The molecule has 0 aliphatic rings. The van der Waals surface area contributed by atoms with Gasteiger partial charge < -0.3 is 29.2 Å². The number of benzene rings is 3. The van der Waals surface area contributed by atoms with Gasteiger partial charge in [-0.15, -0.1) is 0 Å². The van der Waals surface area contributed by atoms with Crippen LogP contribution in [0, 0.1) is 6.92 Å². The Morgan fingerprint density at radius 3 is 2.04 bits per heavy atom. The van der Waals surface area contributed by atoms with Crippen LogP contribution in [0.5, 0.6) is 23.0 Å². The summed E-state index contributed by atoms with van der Waals surface area (Å²) in [4.78, 5) is 28.9. The predicted molar refractivity (Wildman–Crippen MR) is 173 cm³/mol. The van der Waals surface area contributed by atoms with Crippen LogP contribution in [0.25, 0.3) is 0 Å². The van der Waals surface area contributed by atoms with Gasteiger partial charge in [-0.3, -0.25) is 13.9 Å². The smallest absolute Gasteiger partial charge is 0.265 e. The monoisotopic (exact) mass is 641 g/mol. The van der Waals surface area contributed by atoms with E-state index in [2.05, 4.69) is 5.32 Å². The first-order valence-corrected chi connectivity index (χ1v) is 15.7. The van der Waals surface area contributed by atoms with Crippen molar-refractivity contribution in [2.75, 3.05) is 39.3 Å². The molecule has 12 heteroatoms. The number of hydrogen-bond donors (Lipinski definition) is 1. The molecule has 3 rings (SSSR count). The molecule has 0 heterocycles. The maximum atomic E-state index is 14.4. The number of carbonyl (C=O) groups is 2. The molecule has 244 valence electrons. The van der Waals surface area contributed by atoms with Crippen LogP contribution < -0.4 is 28.6 Å². The first-order valence-electron chi connectivity index (χ1n) is 14.3. The molecule has 0 fully saturated rings. The first kappa shape index (κ1) is 35.0. The zero-order valence-electron chi connectivity index (χ0n) is 27.3. The number of hydrogen-bond acceptors (Lipinski definition) is 8. The van der Waals surface area contributed by atoms with Crippen LogP contribution in [-0.4, -0.2) is 71.7 Å². The Balaban J connectivity index is 2.19. The average molecular weight is 642 g/mol. The predicted octanol–water partition coefficient (Wildman–Crippen LogP) is 4.56. The van der Waals surface area contributed by atoms with Gasteiger partial charge in [0.15, 0.2) is 11.5 Å². The highest BCUT2D eigenvalue weighted by Gasteiger charge is 2.35. The third kappa shape index (κ3) is 8.39. The Hall–Kier alpha value is -4.45. The molecule has 0 saturated heterocycles. The molecule has 0 saturated carbocycles. The highest BCUT2D eigenvalue weighted by Crippen LogP contribution is 2.38. The molecule has 45 heavy (non-hydrogen) atoms. The van der Waals surface area contributed by atoms with Crippen LogP contribution in [0.15, 0.2) is 65.6 Å². The molecule has 0 radical (unpaired) electrons. The van der Waals surface area contributed by atoms with Gasteiger partial charge in [0.05, 0.1) is 39.0 Å². The topological polar surface area (TPSA) is 124 Å². The Labute approximate surface area is 266 Å². The lowest BCUT2D eigenvalue weighted by Crippen LogP contribution is -2.54. The van der Waals surface area contributed by atoms with Crippen molar-refractivity contribution in [3.63, 3.8) is 0 Å². The number of ether oxygens (including phenoxy) is 4. The molecule has 3 aromatic rings. The largest absolute Gasteiger partial charge is 0.497 e. The second kappa shape index (κ2) is 14.6. The zero-order chi connectivity index (χ0) is 33.5. The molecule has 0 bridgehead atoms. The van der Waals surface area contributed by atoms with Crippen molar-refractivity contribution in [3.05, 3.63) is 71.8 Å². The van der Waals surface area contributed by atoms with Gasteiger partial charge in [0.2, 0.25) is 11.8 Å². The van der Waals surface area contributed by atoms with E-state index in [4.69, 9.17) is 18.9 Å². The zero-order valence-corrected chi connectivity index (χ0v) is 28.2. The summed E-state index contributed by atoms with van der Waals surface area (Å²) in [5.41, 5.74) is 1.25. The molecule has 0 aliphatic heterocycles. The second-order valence-electron chi connectivity index (χ2n) is 11.4. The lowest BCUT2D eigenvalue weighted by Gasteiger charge is -2.34. The quantitative estimate of drug-likeness (QED) is 0.288. The van der Waals surface area contributed by atoms with Crippen molar-refractivity contribution in [1.82, 2.24) is 10.2 Å². The molecule has 0 aliphatic carbocycles. The van der Waals surface area contributed by atoms with Crippen LogP contribution in [0.1, 0.15) is 38.8 Å². The van der Waals surface area contributed by atoms with Crippen LogP contribution in [0.2, 0.25) is 0 Å². The summed E-state index contributed by atoms with van der Waals surface area (Å²) in [6.07, 6.45) is 0. The minimum Gasteiger partial charge on any atom is -0.497 e. The van der Waals surface area contributed by atoms with Crippen molar-refractivity contribution >= 4 is 27.5 Å². The number of aryl methyl sites for hydroxylation is 1. The van der Waals surface area contributed by atoms with E-state index < -0.39 is 34.1 Å². The fraction of sp³-hybridized carbons (Fsp3) is 0.394. The minimum atomic E-state index is -4.44. The van der Waals surface area contributed by atoms with Gasteiger partial charge in [-0.1, -0.05) is 24.3 Å². The van der Waals surface area contributed by atoms with E-state index in [1.54, 1.807) is 19.1 Å². The summed E-state index contributed by atoms with van der Waals surface area (Å²) in [6, 6.07) is 15.4. The molecule has 11 nitrogen and oxygen atoms in total. The number of methoxy groups -OCH3 is 4. The first-order chi connectivity index (χ1) is 21.2. The molecule has 0 spiro atoms. The van der Waals surface area contributed by atoms with Crippen molar-refractivity contribution in [3.8, 4) is 23.0 Å². The summed E-state index contributed by atoms with van der Waals surface area (Å²) in [5, 5.41) is 2.93. The summed E-state index contributed by atoms with van der Waals surface area (Å²) >= 11 is 0. The normalized spacial score (nSPS) is 12.1. The fourth-order valence-electron chi connectivity index (χ4n) is 4.64. The molecule has 1 N–H and O–H groups in total. The van der Waals surface area contributed by atoms with Crippen LogP contribution in [0.3, 0.4) is 0 Å². The Kier molecular flexibility index (Phi) is 11.3. The number of rotatable bonds is 13. The van der Waals surface area contributed by atoms with E-state index in [-0.39, 0.29) is 34.5 Å². The van der Waals surface area contributed by atoms with Gasteiger partial charge >= 0.3 is 0 Å². The molecular formula is C33H43N3O8S. The molecule has 0 aromatic heterocycles. The average Bonchev–Trinajstić information content (AvgIpc) is 3.01. The number of carbonyl (C=O) groups excluding carboxylic acids is 2. The molecule has 3 aromatic carbocycles. The standard InChI is InChI=1S/C33H43N3O8S/c1-22-12-10-11-13-24(22)20-35(23(2)32(38)34-33(3,4)5)31(37)21-36(27-18-25(41-6)14-16-28(27)42-7)45(39,40)26-15-17-29(43-8)30(19-26)44-9/h10-19,23H,20-21H2,1-9H3,(H,34,38). The van der Waals surface area contributed by atoms with E-state index in [0.29, 0.717) is 11.5 Å². The van der Waals surface area contributed by atoms with Gasteiger partial charge in [-0.05, 0) is 70.0 Å². The van der Waals surface area contributed by atoms with Gasteiger partial charge in [-0.25, -0.2) is 8.42 Å². The highest BCUT2D eigenvalue weighted by atomic mass is 32.2. The van der Waals surface area contributed by atoms with Crippen molar-refractivity contribution in [1.29, 1.82) is 0 Å². The Bertz CT molecular complexity index is 1620. The summed E-state index contributed by atoms with van der Waals surface area (Å²) in [5.74, 6) is 0.0794. The lowest BCUT2D eigenvalue weighted by molar-refractivity contribution is -0.140. The minimum absolute atomic E-state index is 0.0719. The number of sulfonamides is 1. The van der Waals surface area contributed by atoms with Crippen molar-refractivity contribution in [2.45, 2.75) is 57.6 Å².